The molecule has 0 radical (unpaired) electrons. The van der Waals surface area contributed by atoms with Gasteiger partial charge in [0.15, 0.2) is 0 Å². The number of aryl methyl sites for hydroxylation is 1. The second kappa shape index (κ2) is 3.76. The third kappa shape index (κ3) is 2.22. The van der Waals surface area contributed by atoms with E-state index in [4.69, 9.17) is 0 Å². The van der Waals surface area contributed by atoms with Crippen LogP contribution in [-0.4, -0.2) is 15.2 Å². The maximum absolute atomic E-state index is 12.2. The van der Waals surface area contributed by atoms with Crippen molar-refractivity contribution in [2.24, 2.45) is 0 Å². The lowest BCUT2D eigenvalue weighted by Crippen LogP contribution is -2.07. The van der Waals surface area contributed by atoms with Gasteiger partial charge in [-0.2, -0.15) is 18.2 Å². The highest BCUT2D eigenvalue weighted by Crippen LogP contribution is 2.29. The predicted molar refractivity (Wildman–Crippen MR) is 51.1 cm³/mol. The van der Waals surface area contributed by atoms with Crippen LogP contribution in [0.1, 0.15) is 11.4 Å². The second-order valence-electron chi connectivity index (χ2n) is 3.42. The topological polar surface area (TPSA) is 59.2 Å². The van der Waals surface area contributed by atoms with Gasteiger partial charge in [0.1, 0.15) is 5.75 Å². The zero-order valence-electron chi connectivity index (χ0n) is 8.62. The molecule has 0 atom stereocenters. The molecule has 1 aromatic heterocycles. The molecule has 7 heteroatoms. The highest BCUT2D eigenvalue weighted by Gasteiger charge is 2.37. The summed E-state index contributed by atoms with van der Waals surface area (Å²) in [4.78, 5) is 3.24. The van der Waals surface area contributed by atoms with Gasteiger partial charge < -0.3 is 9.63 Å². The van der Waals surface area contributed by atoms with Crippen LogP contribution in [-0.2, 0) is 6.18 Å². The number of hydrogen-bond donors (Lipinski definition) is 1. The third-order valence-corrected chi connectivity index (χ3v) is 2.12. The van der Waals surface area contributed by atoms with Crippen LogP contribution >= 0.6 is 0 Å². The number of aromatic nitrogens is 2. The number of nitrogens with zero attached hydrogens (tertiary/aromatic N) is 2. The lowest BCUT2D eigenvalue weighted by molar-refractivity contribution is -0.146. The van der Waals surface area contributed by atoms with Gasteiger partial charge in [-0.3, -0.25) is 0 Å². The summed E-state index contributed by atoms with van der Waals surface area (Å²) >= 11 is 0. The molecule has 1 aromatic carbocycles. The Labute approximate surface area is 93.7 Å². The summed E-state index contributed by atoms with van der Waals surface area (Å²) in [5.41, 5.74) is 0.831. The van der Waals surface area contributed by atoms with Gasteiger partial charge in [0.25, 0.3) is 11.7 Å². The summed E-state index contributed by atoms with van der Waals surface area (Å²) in [5, 5.41) is 12.1. The number of phenols is 1. The van der Waals surface area contributed by atoms with Crippen molar-refractivity contribution in [2.45, 2.75) is 13.1 Å². The first kappa shape index (κ1) is 11.4. The van der Waals surface area contributed by atoms with E-state index in [0.29, 0.717) is 11.1 Å². The molecule has 2 rings (SSSR count). The number of alkyl halides is 3. The fourth-order valence-corrected chi connectivity index (χ4v) is 1.24. The van der Waals surface area contributed by atoms with Gasteiger partial charge in [0.05, 0.1) is 0 Å². The molecule has 0 amide bonds. The fraction of sp³-hybridized carbons (Fsp3) is 0.200. The Hall–Kier alpha value is -2.05. The standard InChI is InChI=1S/C10H7F3N2O2/c1-5-4-6(2-3-7(5)16)8-14-9(15-17-8)10(11,12)13/h2-4,16H,1H3. The fourth-order valence-electron chi connectivity index (χ4n) is 1.24. The molecule has 0 aliphatic heterocycles. The van der Waals surface area contributed by atoms with Crippen molar-refractivity contribution in [2.75, 3.05) is 0 Å². The molecule has 0 aliphatic carbocycles. The SMILES string of the molecule is Cc1cc(-c2nc(C(F)(F)F)no2)ccc1O. The van der Waals surface area contributed by atoms with Crippen molar-refractivity contribution in [3.05, 3.63) is 29.6 Å². The Balaban J connectivity index is 2.40. The summed E-state index contributed by atoms with van der Waals surface area (Å²) in [7, 11) is 0. The van der Waals surface area contributed by atoms with Crippen LogP contribution in [0.4, 0.5) is 13.2 Å². The molecule has 0 bridgehead atoms. The van der Waals surface area contributed by atoms with Crippen molar-refractivity contribution in [1.29, 1.82) is 0 Å². The number of phenolic OH excluding ortho intramolecular Hbond substituents is 1. The molecule has 4 nitrogen and oxygen atoms in total. The predicted octanol–water partition coefficient (Wildman–Crippen LogP) is 2.77. The van der Waals surface area contributed by atoms with Crippen molar-refractivity contribution >= 4 is 0 Å². The molecule has 1 heterocycles. The van der Waals surface area contributed by atoms with Gasteiger partial charge in [-0.05, 0) is 30.7 Å². The number of halogens is 3. The van der Waals surface area contributed by atoms with E-state index in [2.05, 4.69) is 14.7 Å². The van der Waals surface area contributed by atoms with E-state index in [-0.39, 0.29) is 11.6 Å². The average molecular weight is 244 g/mol. The van der Waals surface area contributed by atoms with Crippen molar-refractivity contribution in [1.82, 2.24) is 10.1 Å². The van der Waals surface area contributed by atoms with E-state index in [9.17, 15) is 18.3 Å². The zero-order chi connectivity index (χ0) is 12.6. The van der Waals surface area contributed by atoms with Crippen LogP contribution in [0.5, 0.6) is 5.75 Å². The molecular formula is C10H7F3N2O2. The number of aromatic hydroxyl groups is 1. The molecule has 0 unspecified atom stereocenters. The average Bonchev–Trinajstić information content (AvgIpc) is 2.70. The lowest BCUT2D eigenvalue weighted by atomic mass is 10.1. The maximum atomic E-state index is 12.2. The second-order valence-corrected chi connectivity index (χ2v) is 3.42. The lowest BCUT2D eigenvalue weighted by Gasteiger charge is -1.99. The first-order chi connectivity index (χ1) is 7.88. The van der Waals surface area contributed by atoms with Gasteiger partial charge in [-0.15, -0.1) is 0 Å². The number of rotatable bonds is 1. The minimum absolute atomic E-state index is 0.0457. The van der Waals surface area contributed by atoms with E-state index < -0.39 is 12.0 Å². The largest absolute Gasteiger partial charge is 0.508 e. The molecule has 17 heavy (non-hydrogen) atoms. The first-order valence-corrected chi connectivity index (χ1v) is 4.59. The molecular weight excluding hydrogens is 237 g/mol. The van der Waals surface area contributed by atoms with Gasteiger partial charge in [0, 0.05) is 5.56 Å². The molecule has 0 spiro atoms. The van der Waals surface area contributed by atoms with Crippen LogP contribution in [0.2, 0.25) is 0 Å². The Bertz CT molecular complexity index is 549. The van der Waals surface area contributed by atoms with Gasteiger partial charge in [-0.25, -0.2) is 0 Å². The Morgan fingerprint density at radius 3 is 2.53 bits per heavy atom. The van der Waals surface area contributed by atoms with Crippen LogP contribution in [0.25, 0.3) is 11.5 Å². The zero-order valence-corrected chi connectivity index (χ0v) is 8.62. The minimum atomic E-state index is -4.63. The van der Waals surface area contributed by atoms with Gasteiger partial charge in [-0.1, -0.05) is 5.16 Å². The van der Waals surface area contributed by atoms with Crippen LogP contribution < -0.4 is 0 Å². The summed E-state index contributed by atoms with van der Waals surface area (Å²) in [6.45, 7) is 1.61. The third-order valence-electron chi connectivity index (χ3n) is 2.12. The van der Waals surface area contributed by atoms with Crippen LogP contribution in [0.3, 0.4) is 0 Å². The summed E-state index contributed by atoms with van der Waals surface area (Å²) in [6, 6.07) is 4.21. The number of hydrogen-bond acceptors (Lipinski definition) is 4. The van der Waals surface area contributed by atoms with Crippen molar-refractivity contribution in [3.8, 4) is 17.2 Å². The Morgan fingerprint density at radius 2 is 2.00 bits per heavy atom. The summed E-state index contributed by atoms with van der Waals surface area (Å²) < 4.78 is 41.2. The highest BCUT2D eigenvalue weighted by atomic mass is 19.4. The van der Waals surface area contributed by atoms with Gasteiger partial charge >= 0.3 is 6.18 Å². The van der Waals surface area contributed by atoms with E-state index in [0.717, 1.165) is 0 Å². The van der Waals surface area contributed by atoms with E-state index >= 15 is 0 Å². The Morgan fingerprint density at radius 1 is 1.29 bits per heavy atom. The molecule has 0 aliphatic rings. The normalized spacial score (nSPS) is 11.8. The summed E-state index contributed by atoms with van der Waals surface area (Å²) in [6.07, 6.45) is -4.63. The monoisotopic (exact) mass is 244 g/mol. The van der Waals surface area contributed by atoms with E-state index in [1.54, 1.807) is 6.92 Å². The molecule has 90 valence electrons. The minimum Gasteiger partial charge on any atom is -0.508 e. The highest BCUT2D eigenvalue weighted by molar-refractivity contribution is 5.56. The summed E-state index contributed by atoms with van der Waals surface area (Å²) in [5.74, 6) is -1.51. The van der Waals surface area contributed by atoms with E-state index in [1.807, 2.05) is 0 Å². The molecule has 0 saturated heterocycles. The van der Waals surface area contributed by atoms with Crippen LogP contribution in [0, 0.1) is 6.92 Å². The maximum Gasteiger partial charge on any atom is 0.455 e. The van der Waals surface area contributed by atoms with Crippen molar-refractivity contribution < 1.29 is 22.8 Å². The van der Waals surface area contributed by atoms with E-state index in [1.165, 1.54) is 18.2 Å². The quantitative estimate of drug-likeness (QED) is 0.837. The molecule has 0 saturated carbocycles. The van der Waals surface area contributed by atoms with Crippen LogP contribution in [0.15, 0.2) is 22.7 Å². The molecule has 0 fully saturated rings. The Kier molecular flexibility index (Phi) is 2.53. The van der Waals surface area contributed by atoms with Gasteiger partial charge in [0.2, 0.25) is 0 Å². The number of benzene rings is 1. The van der Waals surface area contributed by atoms with Crippen molar-refractivity contribution in [3.63, 3.8) is 0 Å². The first-order valence-electron chi connectivity index (χ1n) is 4.59. The smallest absolute Gasteiger partial charge is 0.455 e. The molecule has 2 aromatic rings. The molecule has 1 N–H and O–H groups in total.